The molecule has 0 saturated heterocycles. The number of rotatable bonds is 8. The van der Waals surface area contributed by atoms with Gasteiger partial charge in [0.15, 0.2) is 5.17 Å². The third-order valence-electron chi connectivity index (χ3n) is 5.69. The fraction of sp³-hybridized carbons (Fsp3) is 0.138. The highest BCUT2D eigenvalue weighted by atomic mass is 32.2. The molecule has 0 aliphatic carbocycles. The van der Waals surface area contributed by atoms with Crippen LogP contribution in [0.15, 0.2) is 94.8 Å². The number of thioether (sulfide) groups is 1. The topological polar surface area (TPSA) is 75.0 Å². The zero-order valence-electron chi connectivity index (χ0n) is 19.8. The average molecular weight is 496 g/mol. The van der Waals surface area contributed by atoms with Crippen LogP contribution >= 0.6 is 11.8 Å². The van der Waals surface area contributed by atoms with E-state index in [2.05, 4.69) is 4.99 Å². The van der Waals surface area contributed by atoms with Crippen LogP contribution in [-0.2, 0) is 4.79 Å². The van der Waals surface area contributed by atoms with Gasteiger partial charge in [-0.1, -0.05) is 66.4 Å². The van der Waals surface area contributed by atoms with Gasteiger partial charge < -0.3 is 9.47 Å². The van der Waals surface area contributed by atoms with Gasteiger partial charge >= 0.3 is 0 Å². The van der Waals surface area contributed by atoms with Gasteiger partial charge in [-0.3, -0.25) is 15.1 Å². The van der Waals surface area contributed by atoms with Crippen LogP contribution in [0, 0.1) is 12.3 Å². The van der Waals surface area contributed by atoms with Gasteiger partial charge in [0.05, 0.1) is 24.5 Å². The normalized spacial score (nSPS) is 16.0. The predicted molar refractivity (Wildman–Crippen MR) is 145 cm³/mol. The molecular formula is C29H25N3O3S. The summed E-state index contributed by atoms with van der Waals surface area (Å²) in [6, 6.07) is 25.3. The van der Waals surface area contributed by atoms with Crippen molar-refractivity contribution in [3.05, 3.63) is 107 Å². The van der Waals surface area contributed by atoms with Crippen LogP contribution in [0.1, 0.15) is 23.1 Å². The zero-order valence-corrected chi connectivity index (χ0v) is 20.6. The Morgan fingerprint density at radius 3 is 2.44 bits per heavy atom. The summed E-state index contributed by atoms with van der Waals surface area (Å²) in [4.78, 5) is 18.6. The van der Waals surface area contributed by atoms with E-state index in [-0.39, 0.29) is 11.4 Å². The summed E-state index contributed by atoms with van der Waals surface area (Å²) in [6.07, 6.45) is 2.47. The lowest BCUT2D eigenvalue weighted by molar-refractivity contribution is -0.114. The first-order valence-electron chi connectivity index (χ1n) is 11.7. The number of hydrogen-bond donors (Lipinski definition) is 1. The molecule has 6 nitrogen and oxygen atoms in total. The third kappa shape index (κ3) is 5.26. The maximum Gasteiger partial charge on any atom is 0.283 e. The lowest BCUT2D eigenvalue weighted by Gasteiger charge is -2.26. The van der Waals surface area contributed by atoms with Crippen LogP contribution in [-0.4, -0.2) is 35.0 Å². The second-order valence-corrected chi connectivity index (χ2v) is 9.20. The molecule has 180 valence electrons. The van der Waals surface area contributed by atoms with Crippen molar-refractivity contribution >= 4 is 40.4 Å². The molecule has 7 heteroatoms. The maximum atomic E-state index is 12.7. The SMILES string of the molecule is Cc1cccc(OCCCOc2ccc(C=C3C(=N)N4C(c5ccccc5)=CSC4=NC3=O)cc2)c1. The van der Waals surface area contributed by atoms with Crippen molar-refractivity contribution < 1.29 is 14.3 Å². The van der Waals surface area contributed by atoms with E-state index in [0.29, 0.717) is 18.4 Å². The second-order valence-electron chi connectivity index (χ2n) is 8.36. The highest BCUT2D eigenvalue weighted by Crippen LogP contribution is 2.37. The molecule has 36 heavy (non-hydrogen) atoms. The highest BCUT2D eigenvalue weighted by Gasteiger charge is 2.36. The molecule has 2 heterocycles. The van der Waals surface area contributed by atoms with Crippen molar-refractivity contribution in [1.82, 2.24) is 4.90 Å². The van der Waals surface area contributed by atoms with Crippen LogP contribution < -0.4 is 9.47 Å². The molecule has 3 aromatic carbocycles. The van der Waals surface area contributed by atoms with Crippen LogP contribution in [0.4, 0.5) is 0 Å². The van der Waals surface area contributed by atoms with E-state index < -0.39 is 5.91 Å². The number of ether oxygens (including phenoxy) is 2. The first-order valence-corrected chi connectivity index (χ1v) is 12.5. The molecule has 0 atom stereocenters. The van der Waals surface area contributed by atoms with Gasteiger partial charge in [0.25, 0.3) is 5.91 Å². The lowest BCUT2D eigenvalue weighted by atomic mass is 10.1. The highest BCUT2D eigenvalue weighted by molar-refractivity contribution is 8.17. The Morgan fingerprint density at radius 2 is 1.69 bits per heavy atom. The summed E-state index contributed by atoms with van der Waals surface area (Å²) < 4.78 is 11.6. The zero-order chi connectivity index (χ0) is 24.9. The summed E-state index contributed by atoms with van der Waals surface area (Å²) in [6.45, 7) is 3.15. The van der Waals surface area contributed by atoms with Crippen LogP contribution in [0.2, 0.25) is 0 Å². The number of fused-ring (bicyclic) bond motifs is 1. The van der Waals surface area contributed by atoms with Crippen LogP contribution in [0.5, 0.6) is 11.5 Å². The Balaban J connectivity index is 1.20. The minimum Gasteiger partial charge on any atom is -0.493 e. The van der Waals surface area contributed by atoms with Crippen molar-refractivity contribution in [2.45, 2.75) is 13.3 Å². The van der Waals surface area contributed by atoms with Crippen molar-refractivity contribution in [3.63, 3.8) is 0 Å². The van der Waals surface area contributed by atoms with E-state index in [1.165, 1.54) is 17.3 Å². The number of nitrogens with zero attached hydrogens (tertiary/aromatic N) is 2. The molecule has 1 N–H and O–H groups in total. The van der Waals surface area contributed by atoms with Crippen molar-refractivity contribution in [3.8, 4) is 11.5 Å². The molecule has 3 aromatic rings. The minimum absolute atomic E-state index is 0.124. The number of carbonyl (C=O) groups is 1. The van der Waals surface area contributed by atoms with E-state index in [9.17, 15) is 4.79 Å². The van der Waals surface area contributed by atoms with Gasteiger partial charge in [0.2, 0.25) is 0 Å². The van der Waals surface area contributed by atoms with E-state index in [0.717, 1.165) is 34.7 Å². The predicted octanol–water partition coefficient (Wildman–Crippen LogP) is 6.15. The second kappa shape index (κ2) is 10.7. The van der Waals surface area contributed by atoms with Gasteiger partial charge in [-0.2, -0.15) is 4.99 Å². The summed E-state index contributed by atoms with van der Waals surface area (Å²) in [5.74, 6) is 1.32. The molecule has 2 aliphatic heterocycles. The Morgan fingerprint density at radius 1 is 0.944 bits per heavy atom. The molecule has 5 rings (SSSR count). The number of aliphatic imine (C=N–C) groups is 1. The Bertz CT molecular complexity index is 1380. The lowest BCUT2D eigenvalue weighted by Crippen LogP contribution is -2.38. The minimum atomic E-state index is -0.407. The molecule has 0 aromatic heterocycles. The van der Waals surface area contributed by atoms with E-state index in [1.54, 1.807) is 11.0 Å². The summed E-state index contributed by atoms with van der Waals surface area (Å²) in [5.41, 5.74) is 4.04. The van der Waals surface area contributed by atoms with Gasteiger partial charge in [-0.25, -0.2) is 0 Å². The molecule has 0 radical (unpaired) electrons. The van der Waals surface area contributed by atoms with Crippen LogP contribution in [0.25, 0.3) is 11.8 Å². The largest absolute Gasteiger partial charge is 0.493 e. The molecular weight excluding hydrogens is 470 g/mol. The summed E-state index contributed by atoms with van der Waals surface area (Å²) >= 11 is 1.36. The van der Waals surface area contributed by atoms with Crippen molar-refractivity contribution in [1.29, 1.82) is 5.41 Å². The number of hydrogen-bond acceptors (Lipinski definition) is 5. The monoisotopic (exact) mass is 495 g/mol. The molecule has 0 spiro atoms. The van der Waals surface area contributed by atoms with E-state index in [4.69, 9.17) is 14.9 Å². The number of benzene rings is 3. The van der Waals surface area contributed by atoms with Crippen LogP contribution in [0.3, 0.4) is 0 Å². The summed E-state index contributed by atoms with van der Waals surface area (Å²) in [7, 11) is 0. The molecule has 2 aliphatic rings. The Kier molecular flexibility index (Phi) is 7.00. The quantitative estimate of drug-likeness (QED) is 0.300. The van der Waals surface area contributed by atoms with Gasteiger partial charge in [-0.05, 0) is 54.0 Å². The maximum absolute atomic E-state index is 12.7. The Labute approximate surface area is 214 Å². The third-order valence-corrected chi connectivity index (χ3v) is 6.52. The van der Waals surface area contributed by atoms with E-state index >= 15 is 0 Å². The molecule has 0 unspecified atom stereocenters. The number of amidine groups is 2. The molecule has 0 fully saturated rings. The summed E-state index contributed by atoms with van der Waals surface area (Å²) in [5, 5.41) is 11.2. The van der Waals surface area contributed by atoms with Gasteiger partial charge in [0, 0.05) is 11.8 Å². The Hall–Kier alpha value is -4.10. The number of nitrogens with one attached hydrogen (secondary N) is 1. The smallest absolute Gasteiger partial charge is 0.283 e. The average Bonchev–Trinajstić information content (AvgIpc) is 3.32. The fourth-order valence-corrected chi connectivity index (χ4v) is 4.77. The van der Waals surface area contributed by atoms with Crippen molar-refractivity contribution in [2.75, 3.05) is 13.2 Å². The van der Waals surface area contributed by atoms with E-state index in [1.807, 2.05) is 91.2 Å². The first-order chi connectivity index (χ1) is 17.6. The van der Waals surface area contributed by atoms with Crippen molar-refractivity contribution in [2.24, 2.45) is 4.99 Å². The number of amides is 1. The fourth-order valence-electron chi connectivity index (χ4n) is 3.89. The standard InChI is InChI=1S/C29H25N3O3S/c1-20-7-5-10-24(17-20)35-16-6-15-34-23-13-11-21(12-14-23)18-25-27(30)32-26(22-8-3-2-4-9-22)19-36-29(32)31-28(25)33/h2-5,7-14,17-19,30H,6,15-16H2,1H3. The molecule has 1 amide bonds. The number of carbonyl (C=O) groups excluding carboxylic acids is 1. The molecule has 0 bridgehead atoms. The number of aryl methyl sites for hydroxylation is 1. The van der Waals surface area contributed by atoms with Gasteiger partial charge in [-0.15, -0.1) is 0 Å². The molecule has 0 saturated carbocycles. The first kappa shape index (κ1) is 23.6. The van der Waals surface area contributed by atoms with Gasteiger partial charge in [0.1, 0.15) is 17.3 Å².